The zero-order chi connectivity index (χ0) is 18.9. The van der Waals surface area contributed by atoms with Crippen LogP contribution in [0.2, 0.25) is 0 Å². The molecular weight excluding hydrogens is 328 g/mol. The first kappa shape index (κ1) is 19.5. The van der Waals surface area contributed by atoms with Gasteiger partial charge in [0.2, 0.25) is 0 Å². The summed E-state index contributed by atoms with van der Waals surface area (Å²) in [6.45, 7) is 6.46. The van der Waals surface area contributed by atoms with Gasteiger partial charge in [-0.1, -0.05) is 43.7 Å². The molecule has 0 heterocycles. The highest BCUT2D eigenvalue weighted by atomic mass is 16.5. The van der Waals surface area contributed by atoms with Crippen LogP contribution in [0.15, 0.2) is 48.5 Å². The molecule has 2 amide bonds. The molecule has 0 saturated heterocycles. The highest BCUT2D eigenvalue weighted by Gasteiger charge is 2.20. The van der Waals surface area contributed by atoms with Crippen LogP contribution in [-0.2, 0) is 4.79 Å². The second kappa shape index (κ2) is 9.61. The van der Waals surface area contributed by atoms with Crippen molar-refractivity contribution in [3.05, 3.63) is 59.7 Å². The van der Waals surface area contributed by atoms with Crippen molar-refractivity contribution in [2.45, 2.75) is 39.7 Å². The number of rotatable bonds is 8. The number of para-hydroxylation sites is 1. The van der Waals surface area contributed by atoms with Crippen LogP contribution in [0.1, 0.15) is 42.6 Å². The maximum Gasteiger partial charge on any atom is 0.265 e. The second-order valence-electron chi connectivity index (χ2n) is 6.12. The predicted molar refractivity (Wildman–Crippen MR) is 104 cm³/mol. The van der Waals surface area contributed by atoms with Crippen LogP contribution >= 0.6 is 0 Å². The molecule has 1 atom stereocenters. The maximum absolute atomic E-state index is 12.6. The van der Waals surface area contributed by atoms with Gasteiger partial charge in [0.05, 0.1) is 11.3 Å². The van der Waals surface area contributed by atoms with E-state index in [-0.39, 0.29) is 11.8 Å². The Kier molecular flexibility index (Phi) is 7.21. The molecule has 0 unspecified atom stereocenters. The molecule has 26 heavy (non-hydrogen) atoms. The summed E-state index contributed by atoms with van der Waals surface area (Å²) in [5, 5.41) is 5.65. The Morgan fingerprint density at radius 3 is 2.38 bits per heavy atom. The maximum atomic E-state index is 12.6. The SMILES string of the molecule is CCCNC(=O)c1ccccc1NC(=O)[C@H](CC)Oc1ccc(C)cc1. The lowest BCUT2D eigenvalue weighted by Crippen LogP contribution is -2.33. The molecule has 2 aromatic carbocycles. The molecule has 0 aliphatic carbocycles. The number of hydrogen-bond donors (Lipinski definition) is 2. The van der Waals surface area contributed by atoms with E-state index in [0.29, 0.717) is 30.0 Å². The van der Waals surface area contributed by atoms with Gasteiger partial charge in [0.15, 0.2) is 6.10 Å². The van der Waals surface area contributed by atoms with E-state index in [9.17, 15) is 9.59 Å². The number of hydrogen-bond acceptors (Lipinski definition) is 3. The second-order valence-corrected chi connectivity index (χ2v) is 6.12. The molecule has 0 radical (unpaired) electrons. The number of aryl methyl sites for hydroxylation is 1. The van der Waals surface area contributed by atoms with Gasteiger partial charge in [-0.2, -0.15) is 0 Å². The number of amides is 2. The molecule has 0 saturated carbocycles. The summed E-state index contributed by atoms with van der Waals surface area (Å²) in [5.41, 5.74) is 2.05. The van der Waals surface area contributed by atoms with E-state index in [4.69, 9.17) is 4.74 Å². The lowest BCUT2D eigenvalue weighted by atomic mass is 10.1. The molecule has 2 aromatic rings. The summed E-state index contributed by atoms with van der Waals surface area (Å²) < 4.78 is 5.81. The quantitative estimate of drug-likeness (QED) is 0.755. The lowest BCUT2D eigenvalue weighted by Gasteiger charge is -2.18. The van der Waals surface area contributed by atoms with Crippen LogP contribution in [0, 0.1) is 6.92 Å². The summed E-state index contributed by atoms with van der Waals surface area (Å²) in [6.07, 6.45) is 0.733. The number of nitrogens with one attached hydrogen (secondary N) is 2. The smallest absolute Gasteiger partial charge is 0.265 e. The van der Waals surface area contributed by atoms with Gasteiger partial charge < -0.3 is 15.4 Å². The molecule has 0 aromatic heterocycles. The minimum atomic E-state index is -0.635. The van der Waals surface area contributed by atoms with Crippen molar-refractivity contribution in [3.8, 4) is 5.75 Å². The molecule has 0 fully saturated rings. The van der Waals surface area contributed by atoms with E-state index in [1.54, 1.807) is 24.3 Å². The summed E-state index contributed by atoms with van der Waals surface area (Å²) in [6, 6.07) is 14.5. The third kappa shape index (κ3) is 5.34. The first-order chi connectivity index (χ1) is 12.5. The van der Waals surface area contributed by atoms with Crippen molar-refractivity contribution in [2.75, 3.05) is 11.9 Å². The van der Waals surface area contributed by atoms with Crippen molar-refractivity contribution in [3.63, 3.8) is 0 Å². The number of anilines is 1. The Labute approximate surface area is 154 Å². The average molecular weight is 354 g/mol. The van der Waals surface area contributed by atoms with Crippen molar-refractivity contribution < 1.29 is 14.3 Å². The summed E-state index contributed by atoms with van der Waals surface area (Å²) in [7, 11) is 0. The Morgan fingerprint density at radius 1 is 1.04 bits per heavy atom. The van der Waals surface area contributed by atoms with Gasteiger partial charge >= 0.3 is 0 Å². The van der Waals surface area contributed by atoms with Crippen molar-refractivity contribution in [2.24, 2.45) is 0 Å². The van der Waals surface area contributed by atoms with Crippen molar-refractivity contribution in [1.29, 1.82) is 0 Å². The van der Waals surface area contributed by atoms with Crippen molar-refractivity contribution >= 4 is 17.5 Å². The zero-order valence-electron chi connectivity index (χ0n) is 15.5. The van der Waals surface area contributed by atoms with Crippen LogP contribution in [0.25, 0.3) is 0 Å². The average Bonchev–Trinajstić information content (AvgIpc) is 2.66. The number of carbonyl (C=O) groups excluding carboxylic acids is 2. The molecule has 5 heteroatoms. The molecule has 0 spiro atoms. The Bertz CT molecular complexity index is 741. The molecule has 0 aliphatic heterocycles. The van der Waals surface area contributed by atoms with Gasteiger partial charge in [-0.05, 0) is 44.0 Å². The molecule has 2 rings (SSSR count). The summed E-state index contributed by atoms with van der Waals surface area (Å²) >= 11 is 0. The molecule has 2 N–H and O–H groups in total. The number of benzene rings is 2. The van der Waals surface area contributed by atoms with Crippen LogP contribution in [0.3, 0.4) is 0 Å². The minimum absolute atomic E-state index is 0.199. The predicted octanol–water partition coefficient (Wildman–Crippen LogP) is 3.93. The molecule has 138 valence electrons. The number of carbonyl (C=O) groups is 2. The highest BCUT2D eigenvalue weighted by molar-refractivity contribution is 6.04. The zero-order valence-corrected chi connectivity index (χ0v) is 15.5. The third-order valence-electron chi connectivity index (χ3n) is 3.93. The van der Waals surface area contributed by atoms with Gasteiger partial charge in [0.25, 0.3) is 11.8 Å². The molecular formula is C21H26N2O3. The van der Waals surface area contributed by atoms with E-state index in [1.807, 2.05) is 45.0 Å². The highest BCUT2D eigenvalue weighted by Crippen LogP contribution is 2.18. The van der Waals surface area contributed by atoms with E-state index in [0.717, 1.165) is 12.0 Å². The van der Waals surface area contributed by atoms with E-state index < -0.39 is 6.10 Å². The van der Waals surface area contributed by atoms with E-state index in [2.05, 4.69) is 10.6 Å². The van der Waals surface area contributed by atoms with Gasteiger partial charge in [-0.3, -0.25) is 9.59 Å². The monoisotopic (exact) mass is 354 g/mol. The first-order valence-electron chi connectivity index (χ1n) is 8.96. The number of ether oxygens (including phenoxy) is 1. The van der Waals surface area contributed by atoms with Gasteiger partial charge in [-0.25, -0.2) is 0 Å². The van der Waals surface area contributed by atoms with Gasteiger partial charge in [-0.15, -0.1) is 0 Å². The van der Waals surface area contributed by atoms with Gasteiger partial charge in [0.1, 0.15) is 5.75 Å². The summed E-state index contributed by atoms with van der Waals surface area (Å²) in [4.78, 5) is 24.9. The molecule has 0 bridgehead atoms. The Hall–Kier alpha value is -2.82. The minimum Gasteiger partial charge on any atom is -0.481 e. The molecule has 5 nitrogen and oxygen atoms in total. The fourth-order valence-electron chi connectivity index (χ4n) is 2.44. The fourth-order valence-corrected chi connectivity index (χ4v) is 2.44. The third-order valence-corrected chi connectivity index (χ3v) is 3.93. The first-order valence-corrected chi connectivity index (χ1v) is 8.96. The normalized spacial score (nSPS) is 11.5. The van der Waals surface area contributed by atoms with Crippen LogP contribution < -0.4 is 15.4 Å². The van der Waals surface area contributed by atoms with Crippen LogP contribution in [0.5, 0.6) is 5.75 Å². The Balaban J connectivity index is 2.09. The standard InChI is InChI=1S/C21H26N2O3/c1-4-14-22-20(24)17-8-6-7-9-18(17)23-21(25)19(5-2)26-16-12-10-15(3)11-13-16/h6-13,19H,4-5,14H2,1-3H3,(H,22,24)(H,23,25)/t19-/m0/s1. The van der Waals surface area contributed by atoms with Gasteiger partial charge in [0, 0.05) is 6.54 Å². The van der Waals surface area contributed by atoms with Crippen LogP contribution in [0.4, 0.5) is 5.69 Å². The topological polar surface area (TPSA) is 67.4 Å². The van der Waals surface area contributed by atoms with E-state index >= 15 is 0 Å². The van der Waals surface area contributed by atoms with Crippen molar-refractivity contribution in [1.82, 2.24) is 5.32 Å². The molecule has 0 aliphatic rings. The lowest BCUT2D eigenvalue weighted by molar-refractivity contribution is -0.122. The fraction of sp³-hybridized carbons (Fsp3) is 0.333. The summed E-state index contributed by atoms with van der Waals surface area (Å²) in [5.74, 6) is 0.172. The van der Waals surface area contributed by atoms with Crippen LogP contribution in [-0.4, -0.2) is 24.5 Å². The largest absolute Gasteiger partial charge is 0.481 e. The van der Waals surface area contributed by atoms with E-state index in [1.165, 1.54) is 0 Å². The Morgan fingerprint density at radius 2 is 1.73 bits per heavy atom.